The second kappa shape index (κ2) is 8.77. The van der Waals surface area contributed by atoms with E-state index in [1.165, 1.54) is 0 Å². The Bertz CT molecular complexity index is 847. The van der Waals surface area contributed by atoms with Crippen molar-refractivity contribution in [1.82, 2.24) is 10.1 Å². The summed E-state index contributed by atoms with van der Waals surface area (Å²) >= 11 is 0. The standard InChI is InChI=1S/C20H24N2O6/c1-4-27-20(24)14-6-5-9-22(12-14)19(23)18-11-15(21-28-18)13-7-8-16(25-2)17(10-13)26-3/h7-8,10-11,14H,4-6,9,12H2,1-3H3/t14-/m1/s1. The highest BCUT2D eigenvalue weighted by Gasteiger charge is 2.31. The van der Waals surface area contributed by atoms with Crippen LogP contribution in [0.5, 0.6) is 11.5 Å². The molecule has 1 amide bonds. The molecule has 1 atom stereocenters. The topological polar surface area (TPSA) is 91.1 Å². The van der Waals surface area contributed by atoms with E-state index >= 15 is 0 Å². The van der Waals surface area contributed by atoms with E-state index in [9.17, 15) is 9.59 Å². The molecule has 1 aliphatic rings. The number of nitrogens with zero attached hydrogens (tertiary/aromatic N) is 2. The molecule has 0 spiro atoms. The van der Waals surface area contributed by atoms with Crippen molar-refractivity contribution in [2.75, 3.05) is 33.9 Å². The number of rotatable bonds is 6. The molecular formula is C20H24N2O6. The van der Waals surface area contributed by atoms with Crippen molar-refractivity contribution in [3.8, 4) is 22.8 Å². The molecule has 8 nitrogen and oxygen atoms in total. The molecule has 0 aliphatic carbocycles. The lowest BCUT2D eigenvalue weighted by atomic mass is 9.98. The number of ether oxygens (including phenoxy) is 3. The quantitative estimate of drug-likeness (QED) is 0.703. The zero-order chi connectivity index (χ0) is 20.1. The highest BCUT2D eigenvalue weighted by molar-refractivity contribution is 5.93. The monoisotopic (exact) mass is 388 g/mol. The van der Waals surface area contributed by atoms with Gasteiger partial charge in [0, 0.05) is 24.7 Å². The van der Waals surface area contributed by atoms with E-state index in [1.807, 2.05) is 6.07 Å². The number of piperidine rings is 1. The Morgan fingerprint density at radius 3 is 2.71 bits per heavy atom. The SMILES string of the molecule is CCOC(=O)[C@@H]1CCCN(C(=O)c2cc(-c3ccc(OC)c(OC)c3)no2)C1. The zero-order valence-electron chi connectivity index (χ0n) is 16.3. The third-order valence-electron chi connectivity index (χ3n) is 4.73. The van der Waals surface area contributed by atoms with Crippen molar-refractivity contribution >= 4 is 11.9 Å². The number of methoxy groups -OCH3 is 2. The largest absolute Gasteiger partial charge is 0.493 e. The Morgan fingerprint density at radius 1 is 1.21 bits per heavy atom. The number of carbonyl (C=O) groups is 2. The van der Waals surface area contributed by atoms with E-state index in [0.29, 0.717) is 36.9 Å². The fraction of sp³-hybridized carbons (Fsp3) is 0.450. The highest BCUT2D eigenvalue weighted by Crippen LogP contribution is 2.32. The first-order valence-corrected chi connectivity index (χ1v) is 9.22. The number of likely N-dealkylation sites (tertiary alicyclic amines) is 1. The van der Waals surface area contributed by atoms with Crippen molar-refractivity contribution in [3.63, 3.8) is 0 Å². The van der Waals surface area contributed by atoms with Crippen LogP contribution in [-0.2, 0) is 9.53 Å². The molecule has 1 aromatic heterocycles. The van der Waals surface area contributed by atoms with Gasteiger partial charge < -0.3 is 23.6 Å². The van der Waals surface area contributed by atoms with Gasteiger partial charge in [-0.15, -0.1) is 0 Å². The van der Waals surface area contributed by atoms with Crippen LogP contribution in [0.15, 0.2) is 28.8 Å². The average Bonchev–Trinajstić information content (AvgIpc) is 3.23. The Labute approximate surface area is 163 Å². The Kier molecular flexibility index (Phi) is 6.18. The summed E-state index contributed by atoms with van der Waals surface area (Å²) in [6.07, 6.45) is 1.46. The number of benzene rings is 1. The summed E-state index contributed by atoms with van der Waals surface area (Å²) in [5.41, 5.74) is 1.26. The molecule has 8 heteroatoms. The van der Waals surface area contributed by atoms with Crippen molar-refractivity contribution < 1.29 is 28.3 Å². The van der Waals surface area contributed by atoms with Crippen LogP contribution in [0.4, 0.5) is 0 Å². The summed E-state index contributed by atoms with van der Waals surface area (Å²) in [7, 11) is 3.11. The van der Waals surface area contributed by atoms with E-state index in [0.717, 1.165) is 18.4 Å². The van der Waals surface area contributed by atoms with Crippen molar-refractivity contribution in [2.45, 2.75) is 19.8 Å². The number of aromatic nitrogens is 1. The molecule has 3 rings (SSSR count). The van der Waals surface area contributed by atoms with Crippen LogP contribution in [0, 0.1) is 5.92 Å². The lowest BCUT2D eigenvalue weighted by Gasteiger charge is -2.30. The van der Waals surface area contributed by atoms with Gasteiger partial charge in [0.05, 0.1) is 26.7 Å². The second-order valence-electron chi connectivity index (χ2n) is 6.49. The summed E-state index contributed by atoms with van der Waals surface area (Å²) < 4.78 is 20.9. The smallest absolute Gasteiger partial charge is 0.310 e. The lowest BCUT2D eigenvalue weighted by molar-refractivity contribution is -0.149. The maximum Gasteiger partial charge on any atom is 0.310 e. The molecule has 0 N–H and O–H groups in total. The molecule has 0 radical (unpaired) electrons. The maximum absolute atomic E-state index is 12.8. The van der Waals surface area contributed by atoms with Crippen LogP contribution in [-0.4, -0.2) is 55.8 Å². The molecular weight excluding hydrogens is 364 g/mol. The third-order valence-corrected chi connectivity index (χ3v) is 4.73. The van der Waals surface area contributed by atoms with Gasteiger partial charge in [-0.3, -0.25) is 9.59 Å². The fourth-order valence-electron chi connectivity index (χ4n) is 3.28. The molecule has 1 fully saturated rings. The highest BCUT2D eigenvalue weighted by atomic mass is 16.5. The van der Waals surface area contributed by atoms with Gasteiger partial charge in [0.2, 0.25) is 5.76 Å². The molecule has 1 aliphatic heterocycles. The van der Waals surface area contributed by atoms with E-state index in [1.54, 1.807) is 44.2 Å². The predicted octanol–water partition coefficient (Wildman–Crippen LogP) is 2.77. The number of hydrogen-bond acceptors (Lipinski definition) is 7. The van der Waals surface area contributed by atoms with Gasteiger partial charge in [-0.25, -0.2) is 0 Å². The normalized spacial score (nSPS) is 16.5. The summed E-state index contributed by atoms with van der Waals surface area (Å²) in [5, 5.41) is 4.01. The van der Waals surface area contributed by atoms with E-state index in [-0.39, 0.29) is 23.6 Å². The molecule has 2 aromatic rings. The minimum absolute atomic E-state index is 0.134. The van der Waals surface area contributed by atoms with Gasteiger partial charge in [0.1, 0.15) is 5.69 Å². The Hall–Kier alpha value is -3.03. The van der Waals surface area contributed by atoms with Crippen LogP contribution in [0.2, 0.25) is 0 Å². The molecule has 28 heavy (non-hydrogen) atoms. The van der Waals surface area contributed by atoms with Crippen LogP contribution in [0.1, 0.15) is 30.3 Å². The van der Waals surface area contributed by atoms with Crippen molar-refractivity contribution in [1.29, 1.82) is 0 Å². The molecule has 0 saturated carbocycles. The minimum atomic E-state index is -0.300. The summed E-state index contributed by atoms with van der Waals surface area (Å²) in [5.74, 6) is 0.450. The first kappa shape index (κ1) is 19.7. The van der Waals surface area contributed by atoms with Crippen molar-refractivity contribution in [3.05, 3.63) is 30.0 Å². The fourth-order valence-corrected chi connectivity index (χ4v) is 3.28. The van der Waals surface area contributed by atoms with Crippen LogP contribution >= 0.6 is 0 Å². The summed E-state index contributed by atoms with van der Waals surface area (Å²) in [6, 6.07) is 6.93. The maximum atomic E-state index is 12.8. The number of carbonyl (C=O) groups excluding carboxylic acids is 2. The minimum Gasteiger partial charge on any atom is -0.493 e. The molecule has 0 bridgehead atoms. The molecule has 2 heterocycles. The third kappa shape index (κ3) is 4.11. The summed E-state index contributed by atoms with van der Waals surface area (Å²) in [4.78, 5) is 26.4. The average molecular weight is 388 g/mol. The Balaban J connectivity index is 1.74. The van der Waals surface area contributed by atoms with E-state index < -0.39 is 0 Å². The van der Waals surface area contributed by atoms with E-state index in [2.05, 4.69) is 5.16 Å². The van der Waals surface area contributed by atoms with Crippen LogP contribution in [0.3, 0.4) is 0 Å². The van der Waals surface area contributed by atoms with Gasteiger partial charge in [-0.05, 0) is 38.0 Å². The van der Waals surface area contributed by atoms with Gasteiger partial charge in [-0.1, -0.05) is 5.16 Å². The van der Waals surface area contributed by atoms with Crippen LogP contribution in [0.25, 0.3) is 11.3 Å². The number of esters is 1. The molecule has 150 valence electrons. The Morgan fingerprint density at radius 2 is 2.00 bits per heavy atom. The first-order valence-electron chi connectivity index (χ1n) is 9.22. The predicted molar refractivity (Wildman–Crippen MR) is 100 cm³/mol. The first-order chi connectivity index (χ1) is 13.6. The van der Waals surface area contributed by atoms with Gasteiger partial charge in [-0.2, -0.15) is 0 Å². The van der Waals surface area contributed by atoms with E-state index in [4.69, 9.17) is 18.7 Å². The van der Waals surface area contributed by atoms with Crippen molar-refractivity contribution in [2.24, 2.45) is 5.92 Å². The van der Waals surface area contributed by atoms with Gasteiger partial charge in [0.15, 0.2) is 11.5 Å². The molecule has 0 unspecified atom stereocenters. The van der Waals surface area contributed by atoms with Crippen LogP contribution < -0.4 is 9.47 Å². The molecule has 1 aromatic carbocycles. The lowest BCUT2D eigenvalue weighted by Crippen LogP contribution is -2.42. The van der Waals surface area contributed by atoms with Gasteiger partial charge >= 0.3 is 5.97 Å². The number of amides is 1. The zero-order valence-corrected chi connectivity index (χ0v) is 16.3. The van der Waals surface area contributed by atoms with Gasteiger partial charge in [0.25, 0.3) is 5.91 Å². The number of hydrogen-bond donors (Lipinski definition) is 0. The second-order valence-corrected chi connectivity index (χ2v) is 6.49. The molecule has 1 saturated heterocycles. The summed E-state index contributed by atoms with van der Waals surface area (Å²) in [6.45, 7) is 3.00.